The zero-order valence-electron chi connectivity index (χ0n) is 7.01. The van der Waals surface area contributed by atoms with Crippen molar-refractivity contribution in [2.75, 3.05) is 0 Å². The standard InChI is InChI=1S/C9H12ClNS/c1-6-2-9(6)11-3-7-4-12-5-8(7)10/h4-6,9,11H,2-3H2,1H3/t6-,9-/m1/s1. The van der Waals surface area contributed by atoms with Crippen LogP contribution >= 0.6 is 22.9 Å². The number of nitrogens with one attached hydrogen (secondary N) is 1. The van der Waals surface area contributed by atoms with Crippen LogP contribution < -0.4 is 5.32 Å². The van der Waals surface area contributed by atoms with Gasteiger partial charge in [-0.15, -0.1) is 0 Å². The van der Waals surface area contributed by atoms with E-state index in [1.807, 2.05) is 5.38 Å². The van der Waals surface area contributed by atoms with Gasteiger partial charge in [-0.1, -0.05) is 18.5 Å². The van der Waals surface area contributed by atoms with Gasteiger partial charge in [-0.05, 0) is 23.3 Å². The van der Waals surface area contributed by atoms with Crippen molar-refractivity contribution in [1.82, 2.24) is 5.32 Å². The molecule has 1 aromatic heterocycles. The lowest BCUT2D eigenvalue weighted by Gasteiger charge is -2.00. The van der Waals surface area contributed by atoms with Crippen molar-refractivity contribution in [1.29, 1.82) is 0 Å². The molecule has 0 saturated heterocycles. The molecule has 3 heteroatoms. The molecule has 1 saturated carbocycles. The largest absolute Gasteiger partial charge is 0.310 e. The Balaban J connectivity index is 1.84. The fourth-order valence-corrected chi connectivity index (χ4v) is 2.34. The van der Waals surface area contributed by atoms with Crippen molar-refractivity contribution < 1.29 is 0 Å². The summed E-state index contributed by atoms with van der Waals surface area (Å²) < 4.78 is 0. The first kappa shape index (κ1) is 8.54. The molecule has 0 spiro atoms. The van der Waals surface area contributed by atoms with E-state index in [1.165, 1.54) is 12.0 Å². The molecule has 1 aliphatic rings. The molecule has 1 fully saturated rings. The van der Waals surface area contributed by atoms with Gasteiger partial charge in [0.1, 0.15) is 0 Å². The van der Waals surface area contributed by atoms with Gasteiger partial charge in [-0.3, -0.25) is 0 Å². The van der Waals surface area contributed by atoms with Crippen LogP contribution in [0.1, 0.15) is 18.9 Å². The summed E-state index contributed by atoms with van der Waals surface area (Å²) in [6.45, 7) is 3.20. The maximum Gasteiger partial charge on any atom is 0.0557 e. The van der Waals surface area contributed by atoms with Crippen LogP contribution in [-0.2, 0) is 6.54 Å². The van der Waals surface area contributed by atoms with Gasteiger partial charge in [0.05, 0.1) is 5.02 Å². The highest BCUT2D eigenvalue weighted by Crippen LogP contribution is 2.30. The van der Waals surface area contributed by atoms with Gasteiger partial charge in [0.15, 0.2) is 0 Å². The van der Waals surface area contributed by atoms with E-state index in [9.17, 15) is 0 Å². The molecule has 0 amide bonds. The summed E-state index contributed by atoms with van der Waals surface area (Å²) in [7, 11) is 0. The Morgan fingerprint density at radius 3 is 2.92 bits per heavy atom. The second-order valence-electron chi connectivity index (χ2n) is 3.45. The van der Waals surface area contributed by atoms with Crippen LogP contribution in [0.3, 0.4) is 0 Å². The van der Waals surface area contributed by atoms with Crippen LogP contribution in [0.25, 0.3) is 0 Å². The summed E-state index contributed by atoms with van der Waals surface area (Å²) in [5, 5.41) is 8.47. The molecule has 1 heterocycles. The molecule has 0 radical (unpaired) electrons. The molecule has 12 heavy (non-hydrogen) atoms. The first-order chi connectivity index (χ1) is 5.77. The van der Waals surface area contributed by atoms with Crippen LogP contribution in [-0.4, -0.2) is 6.04 Å². The first-order valence-corrected chi connectivity index (χ1v) is 5.53. The normalized spacial score (nSPS) is 27.5. The van der Waals surface area contributed by atoms with E-state index in [0.29, 0.717) is 0 Å². The molecule has 0 bridgehead atoms. The van der Waals surface area contributed by atoms with Crippen LogP contribution in [0, 0.1) is 5.92 Å². The van der Waals surface area contributed by atoms with E-state index < -0.39 is 0 Å². The molecule has 1 nitrogen and oxygen atoms in total. The van der Waals surface area contributed by atoms with Gasteiger partial charge in [0.25, 0.3) is 0 Å². The molecule has 1 N–H and O–H groups in total. The Labute approximate surface area is 81.7 Å². The van der Waals surface area contributed by atoms with E-state index in [4.69, 9.17) is 11.6 Å². The van der Waals surface area contributed by atoms with Crippen molar-refractivity contribution in [3.63, 3.8) is 0 Å². The molecule has 0 aromatic carbocycles. The summed E-state index contributed by atoms with van der Waals surface area (Å²) >= 11 is 7.62. The van der Waals surface area contributed by atoms with Gasteiger partial charge in [-0.2, -0.15) is 11.3 Å². The lowest BCUT2D eigenvalue weighted by Crippen LogP contribution is -2.16. The summed E-state index contributed by atoms with van der Waals surface area (Å²) in [6.07, 6.45) is 1.32. The fourth-order valence-electron chi connectivity index (χ4n) is 1.28. The van der Waals surface area contributed by atoms with Crippen molar-refractivity contribution in [3.8, 4) is 0 Å². The lowest BCUT2D eigenvalue weighted by atomic mass is 10.3. The predicted octanol–water partition coefficient (Wildman–Crippen LogP) is 2.90. The SMILES string of the molecule is C[C@@H]1C[C@H]1NCc1cscc1Cl. The monoisotopic (exact) mass is 201 g/mol. The summed E-state index contributed by atoms with van der Waals surface area (Å²) in [6, 6.07) is 0.737. The van der Waals surface area contributed by atoms with Crippen LogP contribution in [0.15, 0.2) is 10.8 Å². The van der Waals surface area contributed by atoms with Crippen LogP contribution in [0.2, 0.25) is 5.02 Å². The third-order valence-electron chi connectivity index (χ3n) is 2.35. The topological polar surface area (TPSA) is 12.0 Å². The van der Waals surface area contributed by atoms with Crippen molar-refractivity contribution >= 4 is 22.9 Å². The minimum atomic E-state index is 0.737. The molecule has 1 aromatic rings. The van der Waals surface area contributed by atoms with Gasteiger partial charge >= 0.3 is 0 Å². The quantitative estimate of drug-likeness (QED) is 0.793. The Kier molecular flexibility index (Phi) is 2.40. The average Bonchev–Trinajstić information content (AvgIpc) is 2.57. The molecular weight excluding hydrogens is 190 g/mol. The number of halogens is 1. The summed E-state index contributed by atoms with van der Waals surface area (Å²) in [5.74, 6) is 0.863. The Bertz CT molecular complexity index is 271. The lowest BCUT2D eigenvalue weighted by molar-refractivity contribution is 0.654. The molecule has 2 atom stereocenters. The van der Waals surface area contributed by atoms with Crippen LogP contribution in [0.5, 0.6) is 0 Å². The van der Waals surface area contributed by atoms with Gasteiger partial charge in [0, 0.05) is 18.0 Å². The predicted molar refractivity (Wildman–Crippen MR) is 53.7 cm³/mol. The highest BCUT2D eigenvalue weighted by molar-refractivity contribution is 7.08. The molecule has 0 aliphatic heterocycles. The highest BCUT2D eigenvalue weighted by Gasteiger charge is 2.31. The molecule has 1 aliphatic carbocycles. The summed E-state index contributed by atoms with van der Waals surface area (Å²) in [4.78, 5) is 0. The minimum Gasteiger partial charge on any atom is -0.310 e. The number of hydrogen-bond acceptors (Lipinski definition) is 2. The second kappa shape index (κ2) is 3.36. The minimum absolute atomic E-state index is 0.737. The Morgan fingerprint density at radius 2 is 2.42 bits per heavy atom. The van der Waals surface area contributed by atoms with E-state index in [1.54, 1.807) is 11.3 Å². The van der Waals surface area contributed by atoms with Gasteiger partial charge in [-0.25, -0.2) is 0 Å². The summed E-state index contributed by atoms with van der Waals surface area (Å²) in [5.41, 5.74) is 1.24. The molecular formula is C9H12ClNS. The van der Waals surface area contributed by atoms with Crippen molar-refractivity contribution in [2.45, 2.75) is 25.9 Å². The molecule has 0 unspecified atom stereocenters. The molecule has 2 rings (SSSR count). The Morgan fingerprint density at radius 1 is 1.67 bits per heavy atom. The maximum atomic E-state index is 5.95. The van der Waals surface area contributed by atoms with Gasteiger partial charge in [0.2, 0.25) is 0 Å². The van der Waals surface area contributed by atoms with E-state index in [2.05, 4.69) is 17.6 Å². The third kappa shape index (κ3) is 1.82. The third-order valence-corrected chi connectivity index (χ3v) is 3.63. The Hall–Kier alpha value is -0.0500. The van der Waals surface area contributed by atoms with E-state index >= 15 is 0 Å². The van der Waals surface area contributed by atoms with Crippen LogP contribution in [0.4, 0.5) is 0 Å². The number of rotatable bonds is 3. The zero-order chi connectivity index (χ0) is 8.55. The smallest absolute Gasteiger partial charge is 0.0557 e. The first-order valence-electron chi connectivity index (χ1n) is 4.21. The van der Waals surface area contributed by atoms with E-state index in [-0.39, 0.29) is 0 Å². The second-order valence-corrected chi connectivity index (χ2v) is 4.60. The van der Waals surface area contributed by atoms with Crippen molar-refractivity contribution in [3.05, 3.63) is 21.3 Å². The van der Waals surface area contributed by atoms with E-state index in [0.717, 1.165) is 23.5 Å². The maximum absolute atomic E-state index is 5.95. The fraction of sp³-hybridized carbons (Fsp3) is 0.556. The number of thiophene rings is 1. The highest BCUT2D eigenvalue weighted by atomic mass is 35.5. The number of hydrogen-bond donors (Lipinski definition) is 1. The zero-order valence-corrected chi connectivity index (χ0v) is 8.58. The average molecular weight is 202 g/mol. The van der Waals surface area contributed by atoms with Gasteiger partial charge < -0.3 is 5.32 Å². The molecule has 66 valence electrons. The van der Waals surface area contributed by atoms with Crippen molar-refractivity contribution in [2.24, 2.45) is 5.92 Å².